The number of aromatic nitrogens is 1. The SMILES string of the molecule is CCc1ccc(C(C)NCCc2cscn2)cc1. The molecule has 0 fully saturated rings. The highest BCUT2D eigenvalue weighted by Gasteiger charge is 2.04. The number of nitrogens with zero attached hydrogens (tertiary/aromatic N) is 1. The van der Waals surface area contributed by atoms with E-state index in [1.807, 2.05) is 5.51 Å². The molecule has 0 aliphatic rings. The first-order valence-corrected chi connectivity index (χ1v) is 7.43. The molecule has 2 nitrogen and oxygen atoms in total. The van der Waals surface area contributed by atoms with E-state index < -0.39 is 0 Å². The number of thiazole rings is 1. The predicted molar refractivity (Wildman–Crippen MR) is 78.1 cm³/mol. The van der Waals surface area contributed by atoms with Crippen LogP contribution in [0.4, 0.5) is 0 Å². The minimum Gasteiger partial charge on any atom is -0.310 e. The molecule has 2 aromatic rings. The Bertz CT molecular complexity index is 448. The zero-order valence-electron chi connectivity index (χ0n) is 11.0. The van der Waals surface area contributed by atoms with Crippen LogP contribution in [0.2, 0.25) is 0 Å². The second-order valence-corrected chi connectivity index (χ2v) is 5.22. The van der Waals surface area contributed by atoms with E-state index in [-0.39, 0.29) is 0 Å². The molecule has 1 aromatic heterocycles. The van der Waals surface area contributed by atoms with Gasteiger partial charge in [0.05, 0.1) is 11.2 Å². The highest BCUT2D eigenvalue weighted by Crippen LogP contribution is 2.13. The molecule has 0 amide bonds. The van der Waals surface area contributed by atoms with E-state index in [9.17, 15) is 0 Å². The topological polar surface area (TPSA) is 24.9 Å². The first-order valence-electron chi connectivity index (χ1n) is 6.49. The Morgan fingerprint density at radius 3 is 2.67 bits per heavy atom. The highest BCUT2D eigenvalue weighted by molar-refractivity contribution is 7.07. The maximum Gasteiger partial charge on any atom is 0.0794 e. The van der Waals surface area contributed by atoms with Crippen molar-refractivity contribution in [1.82, 2.24) is 10.3 Å². The average molecular weight is 260 g/mol. The average Bonchev–Trinajstić information content (AvgIpc) is 2.92. The summed E-state index contributed by atoms with van der Waals surface area (Å²) in [6.07, 6.45) is 2.10. The zero-order valence-corrected chi connectivity index (χ0v) is 11.8. The molecule has 0 spiro atoms. The minimum atomic E-state index is 0.398. The van der Waals surface area contributed by atoms with Crippen LogP contribution >= 0.6 is 11.3 Å². The van der Waals surface area contributed by atoms with Gasteiger partial charge in [-0.1, -0.05) is 31.2 Å². The lowest BCUT2D eigenvalue weighted by molar-refractivity contribution is 0.574. The number of nitrogens with one attached hydrogen (secondary N) is 1. The van der Waals surface area contributed by atoms with Crippen molar-refractivity contribution in [2.24, 2.45) is 0 Å². The fourth-order valence-electron chi connectivity index (χ4n) is 1.94. The van der Waals surface area contributed by atoms with E-state index in [2.05, 4.69) is 53.8 Å². The van der Waals surface area contributed by atoms with Crippen LogP contribution in [0.1, 0.15) is 36.7 Å². The highest BCUT2D eigenvalue weighted by atomic mass is 32.1. The summed E-state index contributed by atoms with van der Waals surface area (Å²) >= 11 is 1.66. The zero-order chi connectivity index (χ0) is 12.8. The fourth-order valence-corrected chi connectivity index (χ4v) is 2.53. The standard InChI is InChI=1S/C15H20N2S/c1-3-13-4-6-14(7-5-13)12(2)16-9-8-15-10-18-11-17-15/h4-7,10-12,16H,3,8-9H2,1-2H3. The summed E-state index contributed by atoms with van der Waals surface area (Å²) in [4.78, 5) is 4.29. The molecule has 18 heavy (non-hydrogen) atoms. The summed E-state index contributed by atoms with van der Waals surface area (Å²) in [6, 6.07) is 9.27. The number of rotatable bonds is 6. The predicted octanol–water partition coefficient (Wildman–Crippen LogP) is 3.60. The van der Waals surface area contributed by atoms with Crippen LogP contribution in [0.3, 0.4) is 0 Å². The maximum absolute atomic E-state index is 4.29. The molecule has 2 rings (SSSR count). The van der Waals surface area contributed by atoms with Crippen molar-refractivity contribution < 1.29 is 0 Å². The van der Waals surface area contributed by atoms with Gasteiger partial charge in [-0.25, -0.2) is 4.98 Å². The van der Waals surface area contributed by atoms with Gasteiger partial charge in [-0.05, 0) is 24.5 Å². The Kier molecular flexibility index (Phi) is 4.90. The smallest absolute Gasteiger partial charge is 0.0794 e. The van der Waals surface area contributed by atoms with E-state index in [4.69, 9.17) is 0 Å². The van der Waals surface area contributed by atoms with Crippen LogP contribution in [0.25, 0.3) is 0 Å². The summed E-state index contributed by atoms with van der Waals surface area (Å²) in [5.74, 6) is 0. The Morgan fingerprint density at radius 2 is 2.06 bits per heavy atom. The molecule has 0 saturated heterocycles. The number of aryl methyl sites for hydroxylation is 1. The van der Waals surface area contributed by atoms with Crippen LogP contribution < -0.4 is 5.32 Å². The lowest BCUT2D eigenvalue weighted by Gasteiger charge is -2.14. The molecular weight excluding hydrogens is 240 g/mol. The molecule has 3 heteroatoms. The van der Waals surface area contributed by atoms with Crippen LogP contribution in [0.5, 0.6) is 0 Å². The third kappa shape index (κ3) is 3.65. The van der Waals surface area contributed by atoms with Crippen molar-refractivity contribution in [3.8, 4) is 0 Å². The first kappa shape index (κ1) is 13.2. The largest absolute Gasteiger partial charge is 0.310 e. The van der Waals surface area contributed by atoms with E-state index in [1.54, 1.807) is 11.3 Å². The van der Waals surface area contributed by atoms with Crippen molar-refractivity contribution in [2.45, 2.75) is 32.7 Å². The van der Waals surface area contributed by atoms with Crippen molar-refractivity contribution in [1.29, 1.82) is 0 Å². The molecule has 1 N–H and O–H groups in total. The van der Waals surface area contributed by atoms with Crippen molar-refractivity contribution in [3.05, 3.63) is 52.0 Å². The Hall–Kier alpha value is -1.19. The van der Waals surface area contributed by atoms with Crippen molar-refractivity contribution in [2.75, 3.05) is 6.54 Å². The molecule has 1 heterocycles. The molecule has 0 bridgehead atoms. The van der Waals surface area contributed by atoms with E-state index >= 15 is 0 Å². The lowest BCUT2D eigenvalue weighted by atomic mass is 10.0. The second-order valence-electron chi connectivity index (χ2n) is 4.50. The third-order valence-corrected chi connectivity index (χ3v) is 3.84. The van der Waals surface area contributed by atoms with Gasteiger partial charge in [0.2, 0.25) is 0 Å². The third-order valence-electron chi connectivity index (χ3n) is 3.20. The summed E-state index contributed by atoms with van der Waals surface area (Å²) in [7, 11) is 0. The van der Waals surface area contributed by atoms with Gasteiger partial charge in [-0.15, -0.1) is 11.3 Å². The monoisotopic (exact) mass is 260 g/mol. The second kappa shape index (κ2) is 6.66. The first-order chi connectivity index (χ1) is 8.79. The summed E-state index contributed by atoms with van der Waals surface area (Å²) in [5, 5.41) is 5.65. The van der Waals surface area contributed by atoms with E-state index in [0.717, 1.165) is 19.4 Å². The van der Waals surface area contributed by atoms with E-state index in [1.165, 1.54) is 16.8 Å². The van der Waals surface area contributed by atoms with Gasteiger partial charge in [0, 0.05) is 24.4 Å². The molecule has 0 aliphatic heterocycles. The van der Waals surface area contributed by atoms with Gasteiger partial charge in [0.15, 0.2) is 0 Å². The number of benzene rings is 1. The van der Waals surface area contributed by atoms with Crippen LogP contribution in [-0.2, 0) is 12.8 Å². The maximum atomic E-state index is 4.29. The van der Waals surface area contributed by atoms with Crippen molar-refractivity contribution >= 4 is 11.3 Å². The molecule has 1 unspecified atom stereocenters. The molecule has 0 radical (unpaired) electrons. The van der Waals surface area contributed by atoms with Crippen LogP contribution in [0, 0.1) is 0 Å². The summed E-state index contributed by atoms with van der Waals surface area (Å²) < 4.78 is 0. The lowest BCUT2D eigenvalue weighted by Crippen LogP contribution is -2.21. The quantitative estimate of drug-likeness (QED) is 0.858. The van der Waals surface area contributed by atoms with Gasteiger partial charge in [0.1, 0.15) is 0 Å². The van der Waals surface area contributed by atoms with Gasteiger partial charge in [-0.3, -0.25) is 0 Å². The van der Waals surface area contributed by atoms with Gasteiger partial charge >= 0.3 is 0 Å². The Morgan fingerprint density at radius 1 is 1.28 bits per heavy atom. The molecule has 1 atom stereocenters. The van der Waals surface area contributed by atoms with Crippen LogP contribution in [0.15, 0.2) is 35.2 Å². The molecule has 0 aliphatic carbocycles. The summed E-state index contributed by atoms with van der Waals surface area (Å²) in [6.45, 7) is 5.37. The van der Waals surface area contributed by atoms with E-state index in [0.29, 0.717) is 6.04 Å². The number of hydrogen-bond donors (Lipinski definition) is 1. The van der Waals surface area contributed by atoms with Gasteiger partial charge in [0.25, 0.3) is 0 Å². The van der Waals surface area contributed by atoms with Gasteiger partial charge < -0.3 is 5.32 Å². The normalized spacial score (nSPS) is 12.6. The van der Waals surface area contributed by atoms with Crippen LogP contribution in [-0.4, -0.2) is 11.5 Å². The molecule has 1 aromatic carbocycles. The molecular formula is C15H20N2S. The Labute approximate surface area is 113 Å². The molecule has 96 valence electrons. The minimum absolute atomic E-state index is 0.398. The Balaban J connectivity index is 1.81. The molecule has 0 saturated carbocycles. The number of hydrogen-bond acceptors (Lipinski definition) is 3. The van der Waals surface area contributed by atoms with Gasteiger partial charge in [-0.2, -0.15) is 0 Å². The fraction of sp³-hybridized carbons (Fsp3) is 0.400. The van der Waals surface area contributed by atoms with Crippen molar-refractivity contribution in [3.63, 3.8) is 0 Å². The summed E-state index contributed by atoms with van der Waals surface area (Å²) in [5.41, 5.74) is 5.82.